The number of carbonyl (C=O) groups excluding carboxylic acids is 2. The number of ether oxygens (including phenoxy) is 1. The van der Waals surface area contributed by atoms with Gasteiger partial charge in [0.05, 0.1) is 0 Å². The van der Waals surface area contributed by atoms with Gasteiger partial charge in [-0.25, -0.2) is 0 Å². The molecule has 0 aliphatic rings. The molecule has 0 unspecified atom stereocenters. The largest absolute Gasteiger partial charge is 0.484 e. The minimum atomic E-state index is -0.519. The van der Waals surface area contributed by atoms with E-state index in [1.807, 2.05) is 65.4 Å². The SMILES string of the molecule is CN(C(=O)Cn1cccc1-c1ccc(OCC(N)=O)cc1)c1ccccc1. The van der Waals surface area contributed by atoms with Crippen LogP contribution in [0, 0.1) is 0 Å². The summed E-state index contributed by atoms with van der Waals surface area (Å²) in [6, 6.07) is 20.7. The summed E-state index contributed by atoms with van der Waals surface area (Å²) in [6.45, 7) is 0.0731. The number of amides is 2. The molecule has 1 aromatic heterocycles. The molecule has 0 spiro atoms. The van der Waals surface area contributed by atoms with Crippen LogP contribution in [0.25, 0.3) is 11.3 Å². The Hall–Kier alpha value is -3.54. The van der Waals surface area contributed by atoms with Gasteiger partial charge in [0.25, 0.3) is 5.91 Å². The highest BCUT2D eigenvalue weighted by Gasteiger charge is 2.13. The van der Waals surface area contributed by atoms with Gasteiger partial charge in [-0.3, -0.25) is 9.59 Å². The van der Waals surface area contributed by atoms with Crippen LogP contribution in [-0.2, 0) is 16.1 Å². The van der Waals surface area contributed by atoms with E-state index in [4.69, 9.17) is 10.5 Å². The molecule has 3 aromatic rings. The predicted octanol–water partition coefficient (Wildman–Crippen LogP) is 2.68. The zero-order chi connectivity index (χ0) is 19.2. The fraction of sp³-hybridized carbons (Fsp3) is 0.143. The average molecular weight is 363 g/mol. The summed E-state index contributed by atoms with van der Waals surface area (Å²) < 4.78 is 7.18. The van der Waals surface area contributed by atoms with E-state index >= 15 is 0 Å². The summed E-state index contributed by atoms with van der Waals surface area (Å²) in [5.74, 6) is 0.0320. The zero-order valence-corrected chi connectivity index (χ0v) is 15.0. The van der Waals surface area contributed by atoms with Gasteiger partial charge in [-0.05, 0) is 54.1 Å². The van der Waals surface area contributed by atoms with Crippen molar-refractivity contribution in [2.75, 3.05) is 18.6 Å². The summed E-state index contributed by atoms with van der Waals surface area (Å²) in [5, 5.41) is 0. The smallest absolute Gasteiger partial charge is 0.255 e. The normalized spacial score (nSPS) is 10.4. The number of anilines is 1. The lowest BCUT2D eigenvalue weighted by Gasteiger charge is -2.18. The maximum absolute atomic E-state index is 12.6. The van der Waals surface area contributed by atoms with Crippen molar-refractivity contribution < 1.29 is 14.3 Å². The molecular formula is C21H21N3O3. The van der Waals surface area contributed by atoms with E-state index in [-0.39, 0.29) is 19.1 Å². The lowest BCUT2D eigenvalue weighted by Crippen LogP contribution is -2.29. The van der Waals surface area contributed by atoms with E-state index in [0.717, 1.165) is 16.9 Å². The molecule has 3 rings (SSSR count). The highest BCUT2D eigenvalue weighted by Crippen LogP contribution is 2.23. The number of nitrogens with two attached hydrogens (primary N) is 1. The predicted molar refractivity (Wildman–Crippen MR) is 104 cm³/mol. The van der Waals surface area contributed by atoms with Crippen LogP contribution in [0.2, 0.25) is 0 Å². The number of carbonyl (C=O) groups is 2. The maximum Gasteiger partial charge on any atom is 0.255 e. The fourth-order valence-corrected chi connectivity index (χ4v) is 2.74. The van der Waals surface area contributed by atoms with Gasteiger partial charge in [-0.1, -0.05) is 18.2 Å². The van der Waals surface area contributed by atoms with Gasteiger partial charge >= 0.3 is 0 Å². The Labute approximate surface area is 157 Å². The van der Waals surface area contributed by atoms with Crippen LogP contribution in [-0.4, -0.2) is 30.0 Å². The molecule has 6 nitrogen and oxygen atoms in total. The van der Waals surface area contributed by atoms with Crippen molar-refractivity contribution in [3.8, 4) is 17.0 Å². The van der Waals surface area contributed by atoms with Gasteiger partial charge in [0, 0.05) is 24.6 Å². The quantitative estimate of drug-likeness (QED) is 0.701. The van der Waals surface area contributed by atoms with Gasteiger partial charge in [0.1, 0.15) is 12.3 Å². The first-order valence-corrected chi connectivity index (χ1v) is 8.53. The topological polar surface area (TPSA) is 77.6 Å². The van der Waals surface area contributed by atoms with Crippen LogP contribution in [0.5, 0.6) is 5.75 Å². The molecular weight excluding hydrogens is 342 g/mol. The first-order chi connectivity index (χ1) is 13.0. The number of nitrogens with zero attached hydrogens (tertiary/aromatic N) is 2. The molecule has 2 aromatic carbocycles. The van der Waals surface area contributed by atoms with Crippen LogP contribution in [0.1, 0.15) is 0 Å². The van der Waals surface area contributed by atoms with Gasteiger partial charge in [-0.2, -0.15) is 0 Å². The van der Waals surface area contributed by atoms with E-state index in [2.05, 4.69) is 0 Å². The third-order valence-electron chi connectivity index (χ3n) is 4.18. The van der Waals surface area contributed by atoms with Gasteiger partial charge in [-0.15, -0.1) is 0 Å². The lowest BCUT2D eigenvalue weighted by atomic mass is 10.1. The molecule has 6 heteroatoms. The van der Waals surface area contributed by atoms with Gasteiger partial charge < -0.3 is 19.9 Å². The molecule has 138 valence electrons. The van der Waals surface area contributed by atoms with Crippen molar-refractivity contribution in [3.05, 3.63) is 72.9 Å². The standard InChI is InChI=1S/C21H21N3O3/c1-23(17-6-3-2-4-7-17)21(26)14-24-13-5-8-19(24)16-9-11-18(12-10-16)27-15-20(22)25/h2-13H,14-15H2,1H3,(H2,22,25). The van der Waals surface area contributed by atoms with Crippen molar-refractivity contribution >= 4 is 17.5 Å². The second-order valence-electron chi connectivity index (χ2n) is 6.09. The first-order valence-electron chi connectivity index (χ1n) is 8.53. The van der Waals surface area contributed by atoms with E-state index in [1.54, 1.807) is 24.1 Å². The summed E-state index contributed by atoms with van der Waals surface area (Å²) in [7, 11) is 1.77. The summed E-state index contributed by atoms with van der Waals surface area (Å²) in [4.78, 5) is 25.1. The molecule has 0 saturated heterocycles. The van der Waals surface area contributed by atoms with Crippen LogP contribution >= 0.6 is 0 Å². The van der Waals surface area contributed by atoms with Gasteiger partial charge in [0.2, 0.25) is 5.91 Å². The van der Waals surface area contributed by atoms with E-state index in [0.29, 0.717) is 5.75 Å². The summed E-state index contributed by atoms with van der Waals surface area (Å²) in [5.41, 5.74) is 7.80. The van der Waals surface area contributed by atoms with E-state index in [9.17, 15) is 9.59 Å². The van der Waals surface area contributed by atoms with Crippen molar-refractivity contribution in [3.63, 3.8) is 0 Å². The Balaban J connectivity index is 1.72. The summed E-state index contributed by atoms with van der Waals surface area (Å²) >= 11 is 0. The molecule has 2 amide bonds. The van der Waals surface area contributed by atoms with Crippen molar-refractivity contribution in [1.82, 2.24) is 4.57 Å². The van der Waals surface area contributed by atoms with Crippen LogP contribution in [0.15, 0.2) is 72.9 Å². The van der Waals surface area contributed by atoms with Crippen LogP contribution < -0.4 is 15.4 Å². The molecule has 0 bridgehead atoms. The molecule has 0 radical (unpaired) electrons. The molecule has 0 aliphatic heterocycles. The van der Waals surface area contributed by atoms with Gasteiger partial charge in [0.15, 0.2) is 6.61 Å². The average Bonchev–Trinajstić information content (AvgIpc) is 3.15. The first kappa shape index (κ1) is 18.3. The Bertz CT molecular complexity index is 917. The van der Waals surface area contributed by atoms with Crippen LogP contribution in [0.3, 0.4) is 0 Å². The third kappa shape index (κ3) is 4.55. The second-order valence-corrected chi connectivity index (χ2v) is 6.09. The monoisotopic (exact) mass is 363 g/mol. The lowest BCUT2D eigenvalue weighted by molar-refractivity contribution is -0.120. The number of hydrogen-bond acceptors (Lipinski definition) is 3. The van der Waals surface area contributed by atoms with Crippen molar-refractivity contribution in [2.24, 2.45) is 5.73 Å². The number of para-hydroxylation sites is 1. The molecule has 1 heterocycles. The Morgan fingerprint density at radius 2 is 1.70 bits per heavy atom. The Kier molecular flexibility index (Phi) is 5.56. The molecule has 0 fully saturated rings. The fourth-order valence-electron chi connectivity index (χ4n) is 2.74. The highest BCUT2D eigenvalue weighted by molar-refractivity contribution is 5.92. The zero-order valence-electron chi connectivity index (χ0n) is 15.0. The maximum atomic E-state index is 12.6. The Morgan fingerprint density at radius 3 is 2.37 bits per heavy atom. The minimum absolute atomic E-state index is 0.0138. The molecule has 27 heavy (non-hydrogen) atoms. The summed E-state index contributed by atoms with van der Waals surface area (Å²) in [6.07, 6.45) is 1.88. The number of benzene rings is 2. The molecule has 0 atom stereocenters. The number of likely N-dealkylation sites (N-methyl/N-ethyl adjacent to an activating group) is 1. The second kappa shape index (κ2) is 8.23. The van der Waals surface area contributed by atoms with E-state index in [1.165, 1.54) is 0 Å². The third-order valence-corrected chi connectivity index (χ3v) is 4.18. The number of aromatic nitrogens is 1. The highest BCUT2D eigenvalue weighted by atomic mass is 16.5. The number of rotatable bonds is 7. The van der Waals surface area contributed by atoms with Crippen molar-refractivity contribution in [2.45, 2.75) is 6.54 Å². The van der Waals surface area contributed by atoms with Crippen molar-refractivity contribution in [1.29, 1.82) is 0 Å². The number of primary amides is 1. The number of hydrogen-bond donors (Lipinski definition) is 1. The molecule has 0 aliphatic carbocycles. The van der Waals surface area contributed by atoms with E-state index < -0.39 is 5.91 Å². The molecule has 2 N–H and O–H groups in total. The Morgan fingerprint density at radius 1 is 1.00 bits per heavy atom. The van der Waals surface area contributed by atoms with Crippen LogP contribution in [0.4, 0.5) is 5.69 Å². The minimum Gasteiger partial charge on any atom is -0.484 e. The molecule has 0 saturated carbocycles.